The van der Waals surface area contributed by atoms with Crippen LogP contribution in [0.2, 0.25) is 5.02 Å². The topological polar surface area (TPSA) is 118 Å². The zero-order valence-electron chi connectivity index (χ0n) is 16.6. The fraction of sp³-hybridized carbons (Fsp3) is 0.238. The maximum atomic E-state index is 13.8. The summed E-state index contributed by atoms with van der Waals surface area (Å²) in [6.45, 7) is 1.52. The van der Waals surface area contributed by atoms with Crippen molar-refractivity contribution in [1.29, 1.82) is 0 Å². The first-order valence-corrected chi connectivity index (χ1v) is 12.4. The average molecular weight is 482 g/mol. The number of hydrogen-bond acceptors (Lipinski definition) is 7. The first-order valence-electron chi connectivity index (χ1n) is 9.09. The van der Waals surface area contributed by atoms with Gasteiger partial charge < -0.3 is 14.7 Å². The Morgan fingerprint density at radius 1 is 1.23 bits per heavy atom. The molecule has 164 valence electrons. The zero-order valence-corrected chi connectivity index (χ0v) is 19.0. The second-order valence-electron chi connectivity index (χ2n) is 6.89. The fourth-order valence-corrected chi connectivity index (χ4v) is 6.95. The summed E-state index contributed by atoms with van der Waals surface area (Å²) in [4.78, 5) is 12.0. The van der Waals surface area contributed by atoms with Crippen molar-refractivity contribution >= 4 is 39.2 Å². The van der Waals surface area contributed by atoms with Gasteiger partial charge in [-0.25, -0.2) is 13.2 Å². The molecule has 7 nitrogen and oxygen atoms in total. The summed E-state index contributed by atoms with van der Waals surface area (Å²) < 4.78 is 32.6. The molecule has 0 radical (unpaired) electrons. The highest BCUT2D eigenvalue weighted by molar-refractivity contribution is 8.00. The van der Waals surface area contributed by atoms with E-state index in [1.54, 1.807) is 48.7 Å². The van der Waals surface area contributed by atoms with Crippen LogP contribution < -0.4 is 0 Å². The standard InChI is InChI=1S/C21H20ClNO6S2/c1-13-10-18(23-29-13)21(26,20(24)25)19(12-30-2)31(27,28)17-11-15(22)8-9-16(17)14-6-4-3-5-7-14/h3-11,19,26H,12H2,1-2H3,(H,24,25). The number of hydrogen-bond donors (Lipinski definition) is 2. The van der Waals surface area contributed by atoms with Gasteiger partial charge in [0.2, 0.25) is 5.60 Å². The third-order valence-electron chi connectivity index (χ3n) is 4.84. The van der Waals surface area contributed by atoms with Crippen molar-refractivity contribution < 1.29 is 27.9 Å². The van der Waals surface area contributed by atoms with Gasteiger partial charge in [-0.15, -0.1) is 0 Å². The number of aromatic nitrogens is 1. The van der Waals surface area contributed by atoms with E-state index in [0.717, 1.165) is 11.8 Å². The van der Waals surface area contributed by atoms with Gasteiger partial charge in [-0.1, -0.05) is 53.2 Å². The number of halogens is 1. The highest BCUT2D eigenvalue weighted by Crippen LogP contribution is 2.39. The number of sulfone groups is 1. The van der Waals surface area contributed by atoms with Crippen LogP contribution in [0.5, 0.6) is 0 Å². The summed E-state index contributed by atoms with van der Waals surface area (Å²) in [6.07, 6.45) is 1.62. The number of aryl methyl sites for hydroxylation is 1. The Hall–Kier alpha value is -2.33. The number of rotatable bonds is 8. The van der Waals surface area contributed by atoms with E-state index in [1.807, 2.05) is 0 Å². The molecule has 1 heterocycles. The Labute approximate surface area is 189 Å². The van der Waals surface area contributed by atoms with Crippen molar-refractivity contribution in [3.63, 3.8) is 0 Å². The molecule has 0 amide bonds. The maximum Gasteiger partial charge on any atom is 0.343 e. The molecule has 0 saturated carbocycles. The van der Waals surface area contributed by atoms with Crippen LogP contribution in [0, 0.1) is 6.92 Å². The molecule has 0 bridgehead atoms. The van der Waals surface area contributed by atoms with Crippen molar-refractivity contribution in [2.24, 2.45) is 0 Å². The number of carboxylic acids is 1. The first kappa shape index (κ1) is 23.3. The van der Waals surface area contributed by atoms with Crippen LogP contribution in [0.15, 0.2) is 64.0 Å². The van der Waals surface area contributed by atoms with Crippen LogP contribution >= 0.6 is 23.4 Å². The number of nitrogens with zero attached hydrogens (tertiary/aromatic N) is 1. The van der Waals surface area contributed by atoms with Crippen molar-refractivity contribution in [1.82, 2.24) is 5.16 Å². The summed E-state index contributed by atoms with van der Waals surface area (Å²) in [6, 6.07) is 14.4. The lowest BCUT2D eigenvalue weighted by molar-refractivity contribution is -0.160. The first-order chi connectivity index (χ1) is 14.6. The third kappa shape index (κ3) is 4.36. The molecule has 2 unspecified atom stereocenters. The third-order valence-corrected chi connectivity index (χ3v) is 8.16. The lowest BCUT2D eigenvalue weighted by Crippen LogP contribution is -2.52. The molecule has 3 rings (SSSR count). The van der Waals surface area contributed by atoms with E-state index < -0.39 is 26.7 Å². The number of carboxylic acid groups (broad SMARTS) is 1. The highest BCUT2D eigenvalue weighted by atomic mass is 35.5. The van der Waals surface area contributed by atoms with Gasteiger partial charge in [0.15, 0.2) is 9.84 Å². The SMILES string of the molecule is CSCC(C(O)(C(=O)O)c1cc(C)on1)S(=O)(=O)c1cc(Cl)ccc1-c1ccccc1. The number of benzene rings is 2. The number of carbonyl (C=O) groups is 1. The summed E-state index contributed by atoms with van der Waals surface area (Å²) in [5.74, 6) is -1.72. The molecule has 2 aromatic carbocycles. The lowest BCUT2D eigenvalue weighted by atomic mass is 9.96. The van der Waals surface area contributed by atoms with Crippen LogP contribution in [-0.4, -0.2) is 47.0 Å². The smallest absolute Gasteiger partial charge is 0.343 e. The average Bonchev–Trinajstić information content (AvgIpc) is 3.18. The molecular weight excluding hydrogens is 462 g/mol. The van der Waals surface area contributed by atoms with Crippen molar-refractivity contribution in [2.45, 2.75) is 22.7 Å². The Bertz CT molecular complexity index is 1200. The van der Waals surface area contributed by atoms with Gasteiger partial charge in [0.25, 0.3) is 0 Å². The molecule has 0 spiro atoms. The molecule has 0 aliphatic carbocycles. The second kappa shape index (κ2) is 9.04. The van der Waals surface area contributed by atoms with E-state index in [1.165, 1.54) is 19.1 Å². The van der Waals surface area contributed by atoms with Crippen LogP contribution in [0.25, 0.3) is 11.1 Å². The minimum absolute atomic E-state index is 0.164. The van der Waals surface area contributed by atoms with E-state index in [9.17, 15) is 23.4 Å². The molecule has 1 aromatic heterocycles. The highest BCUT2D eigenvalue weighted by Gasteiger charge is 2.55. The van der Waals surface area contributed by atoms with Gasteiger partial charge >= 0.3 is 5.97 Å². The van der Waals surface area contributed by atoms with Gasteiger partial charge in [-0.05, 0) is 30.9 Å². The number of thioether (sulfide) groups is 1. The van der Waals surface area contributed by atoms with E-state index in [-0.39, 0.29) is 27.1 Å². The number of aliphatic carboxylic acids is 1. The predicted octanol–water partition coefficient (Wildman–Crippen LogP) is 3.78. The molecule has 0 aliphatic rings. The van der Waals surface area contributed by atoms with Crippen LogP contribution in [0.1, 0.15) is 11.5 Å². The Morgan fingerprint density at radius 3 is 2.45 bits per heavy atom. The van der Waals surface area contributed by atoms with E-state index in [4.69, 9.17) is 16.1 Å². The minimum atomic E-state index is -4.42. The zero-order chi connectivity index (χ0) is 22.8. The summed E-state index contributed by atoms with van der Waals surface area (Å²) in [7, 11) is -4.42. The van der Waals surface area contributed by atoms with Crippen LogP contribution in [0.3, 0.4) is 0 Å². The molecule has 3 aromatic rings. The van der Waals surface area contributed by atoms with E-state index in [0.29, 0.717) is 11.1 Å². The molecular formula is C21H20ClNO6S2. The predicted molar refractivity (Wildman–Crippen MR) is 119 cm³/mol. The quantitative estimate of drug-likeness (QED) is 0.499. The van der Waals surface area contributed by atoms with Crippen molar-refractivity contribution in [2.75, 3.05) is 12.0 Å². The van der Waals surface area contributed by atoms with Gasteiger partial charge in [0.1, 0.15) is 16.7 Å². The molecule has 31 heavy (non-hydrogen) atoms. The van der Waals surface area contributed by atoms with Gasteiger partial charge in [0, 0.05) is 22.4 Å². The molecule has 0 saturated heterocycles. The molecule has 2 N–H and O–H groups in total. The second-order valence-corrected chi connectivity index (χ2v) is 10.3. The molecule has 2 atom stereocenters. The van der Waals surface area contributed by atoms with Gasteiger partial charge in [0.05, 0.1) is 4.90 Å². The Morgan fingerprint density at radius 2 is 1.90 bits per heavy atom. The number of aliphatic hydroxyl groups is 1. The molecule has 0 aliphatic heterocycles. The Kier molecular flexibility index (Phi) is 6.80. The lowest BCUT2D eigenvalue weighted by Gasteiger charge is -2.30. The fourth-order valence-electron chi connectivity index (χ4n) is 3.29. The van der Waals surface area contributed by atoms with Crippen LogP contribution in [0.4, 0.5) is 0 Å². The monoisotopic (exact) mass is 481 g/mol. The maximum absolute atomic E-state index is 13.8. The molecule has 0 fully saturated rings. The van der Waals surface area contributed by atoms with E-state index in [2.05, 4.69) is 5.16 Å². The minimum Gasteiger partial charge on any atom is -0.479 e. The van der Waals surface area contributed by atoms with Crippen molar-refractivity contribution in [3.05, 3.63) is 71.1 Å². The summed E-state index contributed by atoms with van der Waals surface area (Å²) in [5, 5.41) is 23.2. The van der Waals surface area contributed by atoms with Gasteiger partial charge in [-0.2, -0.15) is 11.8 Å². The Balaban J connectivity index is 2.27. The summed E-state index contributed by atoms with van der Waals surface area (Å²) >= 11 is 7.20. The largest absolute Gasteiger partial charge is 0.479 e. The van der Waals surface area contributed by atoms with Crippen molar-refractivity contribution in [3.8, 4) is 11.1 Å². The normalized spacial score (nSPS) is 14.7. The summed E-state index contributed by atoms with van der Waals surface area (Å²) in [5.41, 5.74) is -2.27. The van der Waals surface area contributed by atoms with Crippen LogP contribution in [-0.2, 0) is 20.2 Å². The molecule has 10 heteroatoms. The van der Waals surface area contributed by atoms with E-state index >= 15 is 0 Å². The van der Waals surface area contributed by atoms with Gasteiger partial charge in [-0.3, -0.25) is 0 Å².